The molecule has 1 aliphatic heterocycles. The minimum absolute atomic E-state index is 0.895. The molecule has 38 heavy (non-hydrogen) atoms. The van der Waals surface area contributed by atoms with Gasteiger partial charge in [-0.05, 0) is 68.8 Å². The molecule has 0 radical (unpaired) electrons. The highest BCUT2D eigenvalue weighted by atomic mass is 15.1. The number of aryl methyl sites for hydroxylation is 2. The summed E-state index contributed by atoms with van der Waals surface area (Å²) >= 11 is 0. The fraction of sp³-hybridized carbons (Fsp3) is 0.182. The van der Waals surface area contributed by atoms with E-state index in [1.807, 2.05) is 12.1 Å². The standard InChI is InChI=1S/C33H34N5/c1-4-36-21-17-29(18-22-36)34-28-11-7-26(8-12-28)9-14-32-15-10-27-25-31(13-16-33(27)38(32)6-3)35-30-19-23-37(5-2)24-20-30/h7-25H,4-6H2,1-3H3/q+1/p+1. The minimum atomic E-state index is 0.895. The van der Waals surface area contributed by atoms with Gasteiger partial charge in [-0.25, -0.2) is 4.57 Å². The fourth-order valence-electron chi connectivity index (χ4n) is 4.56. The van der Waals surface area contributed by atoms with Crippen LogP contribution in [0.5, 0.6) is 0 Å². The van der Waals surface area contributed by atoms with Crippen LogP contribution in [0.4, 0.5) is 17.1 Å². The van der Waals surface area contributed by atoms with E-state index in [1.54, 1.807) is 0 Å². The number of nitrogens with zero attached hydrogens (tertiary/aromatic N) is 4. The number of pyridine rings is 2. The summed E-state index contributed by atoms with van der Waals surface area (Å²) in [5.74, 6) is 0. The van der Waals surface area contributed by atoms with Gasteiger partial charge in [-0.2, -0.15) is 0 Å². The van der Waals surface area contributed by atoms with Crippen molar-refractivity contribution < 1.29 is 4.57 Å². The number of anilines is 3. The predicted octanol–water partition coefficient (Wildman–Crippen LogP) is 5.46. The number of nitrogens with one attached hydrogen (secondary N) is 1. The van der Waals surface area contributed by atoms with Crippen molar-refractivity contribution in [1.82, 2.24) is 9.24 Å². The SMILES string of the molecule is CCN1/C(=C/C=C2C=CC(=[N+]=c3ccn(CC)cc3)C=C2)C=Cc2cc(Nc3cc[n+](CC)cc3)ccc21. The molecule has 0 unspecified atom stereocenters. The van der Waals surface area contributed by atoms with Crippen molar-refractivity contribution in [1.29, 1.82) is 0 Å². The normalized spacial score (nSPS) is 15.0. The third kappa shape index (κ3) is 5.86. The molecule has 0 spiro atoms. The van der Waals surface area contributed by atoms with Gasteiger partial charge in [-0.15, -0.1) is 0 Å². The molecule has 0 amide bonds. The molecule has 5 heteroatoms. The number of likely N-dealkylation sites (N-methyl/N-ethyl adjacent to an activating group) is 1. The summed E-state index contributed by atoms with van der Waals surface area (Å²) in [6.45, 7) is 9.29. The third-order valence-corrected chi connectivity index (χ3v) is 6.76. The van der Waals surface area contributed by atoms with Crippen molar-refractivity contribution in [2.75, 3.05) is 16.8 Å². The third-order valence-electron chi connectivity index (χ3n) is 6.76. The number of aromatic nitrogens is 2. The molecule has 1 aromatic carbocycles. The van der Waals surface area contributed by atoms with Crippen molar-refractivity contribution in [3.63, 3.8) is 0 Å². The van der Waals surface area contributed by atoms with E-state index in [4.69, 9.17) is 4.67 Å². The lowest BCUT2D eigenvalue weighted by Gasteiger charge is -2.29. The van der Waals surface area contributed by atoms with E-state index in [9.17, 15) is 0 Å². The summed E-state index contributed by atoms with van der Waals surface area (Å²) in [4.78, 5) is 2.35. The average molecular weight is 502 g/mol. The first kappa shape index (κ1) is 25.1. The van der Waals surface area contributed by atoms with Gasteiger partial charge in [-0.1, -0.05) is 16.8 Å². The van der Waals surface area contributed by atoms with Gasteiger partial charge >= 0.3 is 11.1 Å². The summed E-state index contributed by atoms with van der Waals surface area (Å²) < 4.78 is 9.01. The Morgan fingerprint density at radius 3 is 2.24 bits per heavy atom. The van der Waals surface area contributed by atoms with Gasteiger partial charge < -0.3 is 14.8 Å². The molecule has 2 aliphatic rings. The van der Waals surface area contributed by atoms with E-state index in [2.05, 4.69) is 144 Å². The van der Waals surface area contributed by atoms with Crippen LogP contribution in [0.25, 0.3) is 6.08 Å². The molecule has 0 bridgehead atoms. The first-order valence-corrected chi connectivity index (χ1v) is 13.4. The maximum absolute atomic E-state index is 4.73. The molecule has 3 heterocycles. The van der Waals surface area contributed by atoms with E-state index < -0.39 is 0 Å². The highest BCUT2D eigenvalue weighted by Gasteiger charge is 2.16. The molecule has 5 nitrogen and oxygen atoms in total. The number of hydrogen-bond acceptors (Lipinski definition) is 2. The van der Waals surface area contributed by atoms with Gasteiger partial charge in [0.05, 0.1) is 5.69 Å². The monoisotopic (exact) mass is 501 g/mol. The molecule has 1 aliphatic carbocycles. The molecule has 0 saturated carbocycles. The van der Waals surface area contributed by atoms with E-state index in [-0.39, 0.29) is 0 Å². The predicted molar refractivity (Wildman–Crippen MR) is 159 cm³/mol. The van der Waals surface area contributed by atoms with Crippen LogP contribution in [0.3, 0.4) is 0 Å². The summed E-state index contributed by atoms with van der Waals surface area (Å²) in [5, 5.41) is 4.49. The first-order chi connectivity index (χ1) is 18.6. The van der Waals surface area contributed by atoms with Crippen LogP contribution >= 0.6 is 0 Å². The molecular formula is C33H35N5+2. The van der Waals surface area contributed by atoms with Crippen LogP contribution in [-0.4, -0.2) is 16.8 Å². The second-order valence-corrected chi connectivity index (χ2v) is 9.24. The van der Waals surface area contributed by atoms with Gasteiger partial charge in [0.1, 0.15) is 6.54 Å². The zero-order valence-corrected chi connectivity index (χ0v) is 22.4. The molecule has 2 aromatic heterocycles. The van der Waals surface area contributed by atoms with E-state index in [0.717, 1.165) is 47.7 Å². The summed E-state index contributed by atoms with van der Waals surface area (Å²) in [6.07, 6.45) is 25.4. The fourth-order valence-corrected chi connectivity index (χ4v) is 4.56. The van der Waals surface area contributed by atoms with Crippen molar-refractivity contribution in [2.45, 2.75) is 33.9 Å². The Labute approximate surface area is 225 Å². The molecule has 0 saturated heterocycles. The largest absolute Gasteiger partial charge is 0.355 e. The van der Waals surface area contributed by atoms with Gasteiger partial charge in [0.15, 0.2) is 12.4 Å². The molecule has 0 atom stereocenters. The van der Waals surface area contributed by atoms with Crippen molar-refractivity contribution in [3.8, 4) is 0 Å². The first-order valence-electron chi connectivity index (χ1n) is 13.4. The summed E-state index contributed by atoms with van der Waals surface area (Å²) in [7, 11) is 0. The molecule has 1 N–H and O–H groups in total. The zero-order chi connectivity index (χ0) is 26.3. The lowest BCUT2D eigenvalue weighted by atomic mass is 10.0. The highest BCUT2D eigenvalue weighted by Crippen LogP contribution is 2.33. The quantitative estimate of drug-likeness (QED) is 0.360. The molecule has 5 rings (SSSR count). The Balaban J connectivity index is 1.32. The van der Waals surface area contributed by atoms with Crippen molar-refractivity contribution in [2.24, 2.45) is 0 Å². The van der Waals surface area contributed by atoms with Gasteiger partial charge in [0.25, 0.3) is 0 Å². The van der Waals surface area contributed by atoms with Crippen molar-refractivity contribution in [3.05, 3.63) is 132 Å². The smallest absolute Gasteiger partial charge is 0.330 e. The van der Waals surface area contributed by atoms with Gasteiger partial charge in [0, 0.05) is 84.5 Å². The molecule has 190 valence electrons. The molecule has 3 aromatic rings. The van der Waals surface area contributed by atoms with E-state index >= 15 is 0 Å². The Morgan fingerprint density at radius 2 is 1.55 bits per heavy atom. The van der Waals surface area contributed by atoms with Crippen LogP contribution in [-0.2, 0) is 13.1 Å². The zero-order valence-electron chi connectivity index (χ0n) is 22.4. The minimum Gasteiger partial charge on any atom is -0.355 e. The second-order valence-electron chi connectivity index (χ2n) is 9.24. The number of allylic oxidation sites excluding steroid dienone is 8. The molecular weight excluding hydrogens is 466 g/mol. The van der Waals surface area contributed by atoms with Gasteiger partial charge in [-0.3, -0.25) is 0 Å². The number of fused-ring (bicyclic) bond motifs is 1. The van der Waals surface area contributed by atoms with E-state index in [1.165, 1.54) is 16.9 Å². The molecule has 0 fully saturated rings. The van der Waals surface area contributed by atoms with E-state index in [0.29, 0.717) is 0 Å². The number of rotatable bonds is 6. The Bertz CT molecular complexity index is 1530. The topological polar surface area (TPSA) is 38.2 Å². The summed E-state index contributed by atoms with van der Waals surface area (Å²) in [5.41, 5.74) is 7.89. The van der Waals surface area contributed by atoms with Crippen LogP contribution in [0.15, 0.2) is 121 Å². The van der Waals surface area contributed by atoms with Crippen molar-refractivity contribution >= 4 is 28.8 Å². The van der Waals surface area contributed by atoms with Crippen LogP contribution in [0.2, 0.25) is 0 Å². The van der Waals surface area contributed by atoms with Crippen LogP contribution in [0, 0.1) is 0 Å². The highest BCUT2D eigenvalue weighted by molar-refractivity contribution is 6.04. The lowest BCUT2D eigenvalue weighted by molar-refractivity contribution is -0.693. The number of hydrogen-bond donors (Lipinski definition) is 1. The maximum atomic E-state index is 4.73. The second kappa shape index (κ2) is 11.6. The lowest BCUT2D eigenvalue weighted by Crippen LogP contribution is -2.30. The Hall–Kier alpha value is -4.60. The number of benzene rings is 1. The maximum Gasteiger partial charge on any atom is 0.330 e. The Kier molecular flexibility index (Phi) is 7.67. The summed E-state index contributed by atoms with van der Waals surface area (Å²) in [6, 6.07) is 14.9. The van der Waals surface area contributed by atoms with Crippen LogP contribution < -0.4 is 24.8 Å². The Morgan fingerprint density at radius 1 is 0.789 bits per heavy atom. The van der Waals surface area contributed by atoms with Gasteiger partial charge in [0.2, 0.25) is 0 Å². The average Bonchev–Trinajstić information content (AvgIpc) is 2.97. The van der Waals surface area contributed by atoms with Crippen LogP contribution in [0.1, 0.15) is 26.3 Å².